The normalized spacial score (nSPS) is 16.3. The molecule has 1 amide bonds. The number of aromatic nitrogens is 3. The molecule has 6 heteroatoms. The second-order valence-corrected chi connectivity index (χ2v) is 8.06. The van der Waals surface area contributed by atoms with Crippen LogP contribution in [0.15, 0.2) is 78.6 Å². The summed E-state index contributed by atoms with van der Waals surface area (Å²) in [5, 5.41) is 6.84. The molecule has 144 valence electrons. The molecule has 1 unspecified atom stereocenters. The van der Waals surface area contributed by atoms with Crippen LogP contribution >= 0.6 is 11.3 Å². The van der Waals surface area contributed by atoms with Crippen molar-refractivity contribution >= 4 is 17.2 Å². The first-order chi connectivity index (χ1) is 14.3. The van der Waals surface area contributed by atoms with Gasteiger partial charge in [-0.2, -0.15) is 5.10 Å². The van der Waals surface area contributed by atoms with Crippen LogP contribution in [-0.4, -0.2) is 32.1 Å². The van der Waals surface area contributed by atoms with E-state index in [2.05, 4.69) is 22.5 Å². The smallest absolute Gasteiger partial charge is 0.258 e. The molecule has 4 heterocycles. The zero-order valence-electron chi connectivity index (χ0n) is 15.8. The second kappa shape index (κ2) is 7.64. The highest BCUT2D eigenvalue weighted by Crippen LogP contribution is 2.36. The highest BCUT2D eigenvalue weighted by molar-refractivity contribution is 7.10. The molecule has 1 aromatic carbocycles. The van der Waals surface area contributed by atoms with E-state index in [0.29, 0.717) is 11.3 Å². The minimum atomic E-state index is 0.0296. The zero-order chi connectivity index (χ0) is 19.6. The van der Waals surface area contributed by atoms with Crippen molar-refractivity contribution in [3.63, 3.8) is 0 Å². The summed E-state index contributed by atoms with van der Waals surface area (Å²) >= 11 is 1.71. The van der Waals surface area contributed by atoms with Crippen molar-refractivity contribution in [3.8, 4) is 16.9 Å². The Balaban J connectivity index is 1.58. The molecular weight excluding hydrogens is 380 g/mol. The fourth-order valence-corrected chi connectivity index (χ4v) is 4.77. The average Bonchev–Trinajstić information content (AvgIpc) is 3.54. The fraction of sp³-hybridized carbons (Fsp3) is 0.174. The predicted molar refractivity (Wildman–Crippen MR) is 114 cm³/mol. The summed E-state index contributed by atoms with van der Waals surface area (Å²) in [5.74, 6) is 0.0296. The Morgan fingerprint density at radius 3 is 2.72 bits per heavy atom. The predicted octanol–water partition coefficient (Wildman–Crippen LogP) is 4.97. The Labute approximate surface area is 173 Å². The third-order valence-corrected chi connectivity index (χ3v) is 6.26. The van der Waals surface area contributed by atoms with E-state index in [4.69, 9.17) is 5.10 Å². The van der Waals surface area contributed by atoms with Gasteiger partial charge in [0.25, 0.3) is 5.91 Å². The molecule has 0 spiro atoms. The first-order valence-electron chi connectivity index (χ1n) is 9.71. The lowest BCUT2D eigenvalue weighted by Gasteiger charge is -2.23. The van der Waals surface area contributed by atoms with Crippen LogP contribution in [-0.2, 0) is 0 Å². The van der Waals surface area contributed by atoms with Gasteiger partial charge in [0.2, 0.25) is 0 Å². The van der Waals surface area contributed by atoms with Crippen molar-refractivity contribution in [2.45, 2.75) is 18.9 Å². The largest absolute Gasteiger partial charge is 0.331 e. The average molecular weight is 401 g/mol. The standard InChI is InChI=1S/C23H20N4OS/c28-23(26-13-5-10-20(26)21-11-6-14-29-21)19-16-27(18-8-2-1-3-9-18)25-22(19)17-7-4-12-24-15-17/h1-4,6-9,11-12,14-16,20H,5,10,13H2. The van der Waals surface area contributed by atoms with Gasteiger partial charge in [-0.3, -0.25) is 9.78 Å². The van der Waals surface area contributed by atoms with Crippen molar-refractivity contribution in [2.75, 3.05) is 6.54 Å². The van der Waals surface area contributed by atoms with Crippen molar-refractivity contribution in [1.29, 1.82) is 0 Å². The van der Waals surface area contributed by atoms with E-state index in [1.165, 1.54) is 4.88 Å². The molecule has 4 aromatic rings. The van der Waals surface area contributed by atoms with E-state index in [1.807, 2.05) is 53.6 Å². The first kappa shape index (κ1) is 17.8. The van der Waals surface area contributed by atoms with Gasteiger partial charge in [-0.05, 0) is 48.6 Å². The molecule has 3 aromatic heterocycles. The lowest BCUT2D eigenvalue weighted by atomic mass is 10.1. The summed E-state index contributed by atoms with van der Waals surface area (Å²) in [6, 6.07) is 18.0. The molecule has 0 N–H and O–H groups in total. The summed E-state index contributed by atoms with van der Waals surface area (Å²) < 4.78 is 1.78. The van der Waals surface area contributed by atoms with Gasteiger partial charge >= 0.3 is 0 Å². The molecule has 0 radical (unpaired) electrons. The molecule has 1 saturated heterocycles. The summed E-state index contributed by atoms with van der Waals surface area (Å²) in [6.45, 7) is 0.768. The maximum absolute atomic E-state index is 13.6. The van der Waals surface area contributed by atoms with Crippen molar-refractivity contribution in [1.82, 2.24) is 19.7 Å². The van der Waals surface area contributed by atoms with E-state index in [-0.39, 0.29) is 11.9 Å². The van der Waals surface area contributed by atoms with Gasteiger partial charge in [-0.15, -0.1) is 11.3 Å². The summed E-state index contributed by atoms with van der Waals surface area (Å²) in [6.07, 6.45) is 7.36. The Kier molecular flexibility index (Phi) is 4.69. The van der Waals surface area contributed by atoms with E-state index in [1.54, 1.807) is 28.4 Å². The van der Waals surface area contributed by atoms with Crippen LogP contribution in [0.5, 0.6) is 0 Å². The number of para-hydroxylation sites is 1. The molecular formula is C23H20N4OS. The number of thiophene rings is 1. The number of nitrogens with zero attached hydrogens (tertiary/aromatic N) is 4. The van der Waals surface area contributed by atoms with Crippen LogP contribution in [0.3, 0.4) is 0 Å². The first-order valence-corrected chi connectivity index (χ1v) is 10.6. The Morgan fingerprint density at radius 1 is 1.07 bits per heavy atom. The molecule has 5 nitrogen and oxygen atoms in total. The van der Waals surface area contributed by atoms with Crippen LogP contribution in [0, 0.1) is 0 Å². The van der Waals surface area contributed by atoms with Gasteiger partial charge in [0.15, 0.2) is 0 Å². The van der Waals surface area contributed by atoms with Crippen LogP contribution in [0.4, 0.5) is 0 Å². The van der Waals surface area contributed by atoms with Gasteiger partial charge in [0.05, 0.1) is 17.3 Å². The van der Waals surface area contributed by atoms with Crippen LogP contribution in [0.2, 0.25) is 0 Å². The second-order valence-electron chi connectivity index (χ2n) is 7.09. The molecule has 1 aliphatic rings. The minimum Gasteiger partial charge on any atom is -0.331 e. The summed E-state index contributed by atoms with van der Waals surface area (Å²) in [4.78, 5) is 21.1. The van der Waals surface area contributed by atoms with Gasteiger partial charge in [0, 0.05) is 35.6 Å². The maximum atomic E-state index is 13.6. The van der Waals surface area contributed by atoms with Crippen LogP contribution in [0.25, 0.3) is 16.9 Å². The molecule has 29 heavy (non-hydrogen) atoms. The lowest BCUT2D eigenvalue weighted by molar-refractivity contribution is 0.0738. The van der Waals surface area contributed by atoms with E-state index < -0.39 is 0 Å². The quantitative estimate of drug-likeness (QED) is 0.486. The molecule has 5 rings (SSSR count). The number of carbonyl (C=O) groups excluding carboxylic acids is 1. The molecule has 0 aliphatic carbocycles. The third kappa shape index (κ3) is 3.36. The summed E-state index contributed by atoms with van der Waals surface area (Å²) in [7, 11) is 0. The van der Waals surface area contributed by atoms with Gasteiger partial charge < -0.3 is 4.90 Å². The summed E-state index contributed by atoms with van der Waals surface area (Å²) in [5.41, 5.74) is 3.06. The van der Waals surface area contributed by atoms with Crippen LogP contribution < -0.4 is 0 Å². The number of hydrogen-bond acceptors (Lipinski definition) is 4. The molecule has 1 fully saturated rings. The Bertz CT molecular complexity index is 1110. The number of rotatable bonds is 4. The Morgan fingerprint density at radius 2 is 1.97 bits per heavy atom. The number of amides is 1. The molecule has 1 atom stereocenters. The van der Waals surface area contributed by atoms with Crippen LogP contribution in [0.1, 0.15) is 34.1 Å². The molecule has 0 saturated carbocycles. The number of hydrogen-bond donors (Lipinski definition) is 0. The number of likely N-dealkylation sites (tertiary alicyclic amines) is 1. The lowest BCUT2D eigenvalue weighted by Crippen LogP contribution is -2.30. The van der Waals surface area contributed by atoms with Crippen molar-refractivity contribution < 1.29 is 4.79 Å². The SMILES string of the molecule is O=C(c1cn(-c2ccccc2)nc1-c1cccnc1)N1CCCC1c1cccs1. The number of carbonyl (C=O) groups is 1. The Hall–Kier alpha value is -3.25. The van der Waals surface area contributed by atoms with Gasteiger partial charge in [0.1, 0.15) is 5.69 Å². The highest BCUT2D eigenvalue weighted by atomic mass is 32.1. The van der Waals surface area contributed by atoms with Crippen molar-refractivity contribution in [3.05, 3.63) is 89.0 Å². The van der Waals surface area contributed by atoms with Crippen molar-refractivity contribution in [2.24, 2.45) is 0 Å². The number of benzene rings is 1. The van der Waals surface area contributed by atoms with E-state index >= 15 is 0 Å². The highest BCUT2D eigenvalue weighted by Gasteiger charge is 2.33. The fourth-order valence-electron chi connectivity index (χ4n) is 3.90. The third-order valence-electron chi connectivity index (χ3n) is 5.29. The van der Waals surface area contributed by atoms with Gasteiger partial charge in [-0.25, -0.2) is 4.68 Å². The monoisotopic (exact) mass is 400 g/mol. The number of pyridine rings is 1. The molecule has 1 aliphatic heterocycles. The zero-order valence-corrected chi connectivity index (χ0v) is 16.6. The minimum absolute atomic E-state index is 0.0296. The van der Waals surface area contributed by atoms with E-state index in [0.717, 1.165) is 30.6 Å². The molecule has 0 bridgehead atoms. The topological polar surface area (TPSA) is 51.0 Å². The maximum Gasteiger partial charge on any atom is 0.258 e. The van der Waals surface area contributed by atoms with E-state index in [9.17, 15) is 4.79 Å². The van der Waals surface area contributed by atoms with Gasteiger partial charge in [-0.1, -0.05) is 24.3 Å².